The molecule has 0 bridgehead atoms. The number of hydrogen-bond acceptors (Lipinski definition) is 3. The number of aliphatic imine (C=N–C) groups is 1. The number of hydrogen-bond donors (Lipinski definition) is 2. The average Bonchev–Trinajstić information content (AvgIpc) is 3.06. The van der Waals surface area contributed by atoms with Gasteiger partial charge >= 0.3 is 0 Å². The van der Waals surface area contributed by atoms with Gasteiger partial charge in [0.2, 0.25) is 5.96 Å². The second-order valence-corrected chi connectivity index (χ2v) is 6.62. The lowest BCUT2D eigenvalue weighted by Crippen LogP contribution is -2.36. The highest BCUT2D eigenvalue weighted by molar-refractivity contribution is 6.09. The fourth-order valence-electron chi connectivity index (χ4n) is 2.80. The lowest BCUT2D eigenvalue weighted by molar-refractivity contribution is 0.0976. The number of aromatic nitrogens is 2. The predicted octanol–water partition coefficient (Wildman–Crippen LogP) is 4.14. The van der Waals surface area contributed by atoms with Gasteiger partial charge in [-0.1, -0.05) is 31.2 Å². The molecule has 0 unspecified atom stereocenters. The Morgan fingerprint density at radius 3 is 2.69 bits per heavy atom. The van der Waals surface area contributed by atoms with Gasteiger partial charge < -0.3 is 5.32 Å². The molecule has 2 N–H and O–H groups in total. The van der Waals surface area contributed by atoms with Crippen molar-refractivity contribution in [3.8, 4) is 0 Å². The topological polar surface area (TPSA) is 71.3 Å². The Bertz CT molecular complexity index is 997. The molecule has 29 heavy (non-hydrogen) atoms. The predicted molar refractivity (Wildman–Crippen MR) is 112 cm³/mol. The lowest BCUT2D eigenvalue weighted by atomic mass is 10.2. The minimum Gasteiger partial charge on any atom is -0.326 e. The van der Waals surface area contributed by atoms with Crippen LogP contribution in [0.2, 0.25) is 0 Å². The first-order chi connectivity index (χ1) is 14.0. The zero-order valence-electron chi connectivity index (χ0n) is 16.5. The fraction of sp³-hybridized carbons (Fsp3) is 0.227. The highest BCUT2D eigenvalue weighted by Crippen LogP contribution is 2.10. The van der Waals surface area contributed by atoms with Crippen LogP contribution in [-0.4, -0.2) is 21.6 Å². The molecule has 150 valence electrons. The normalized spacial score (nSPS) is 11.3. The number of halogens is 1. The van der Waals surface area contributed by atoms with Gasteiger partial charge in [0.25, 0.3) is 5.91 Å². The van der Waals surface area contributed by atoms with Crippen LogP contribution < -0.4 is 10.6 Å². The van der Waals surface area contributed by atoms with E-state index < -0.39 is 11.7 Å². The van der Waals surface area contributed by atoms with E-state index in [9.17, 15) is 9.18 Å². The largest absolute Gasteiger partial charge is 0.326 e. The molecule has 3 aromatic rings. The molecule has 7 heteroatoms. The first kappa shape index (κ1) is 20.3. The molecule has 0 fully saturated rings. The van der Waals surface area contributed by atoms with Crippen LogP contribution in [0.5, 0.6) is 0 Å². The Morgan fingerprint density at radius 1 is 1.17 bits per heavy atom. The van der Waals surface area contributed by atoms with Crippen molar-refractivity contribution in [3.05, 3.63) is 83.4 Å². The summed E-state index contributed by atoms with van der Waals surface area (Å²) in [5, 5.41) is 10.3. The van der Waals surface area contributed by atoms with Crippen LogP contribution in [0, 0.1) is 12.7 Å². The Hall–Kier alpha value is -3.48. The van der Waals surface area contributed by atoms with Crippen LogP contribution in [-0.2, 0) is 13.1 Å². The SMILES string of the molecule is CCCn1cc(CN=C(NC(=O)c2cccc(F)c2)Nc2ccccc2)c(C)n1. The molecule has 1 heterocycles. The second kappa shape index (κ2) is 9.64. The summed E-state index contributed by atoms with van der Waals surface area (Å²) in [4.78, 5) is 17.1. The van der Waals surface area contributed by atoms with Gasteiger partial charge in [-0.25, -0.2) is 9.38 Å². The second-order valence-electron chi connectivity index (χ2n) is 6.62. The van der Waals surface area contributed by atoms with Crippen molar-refractivity contribution in [2.75, 3.05) is 5.32 Å². The maximum atomic E-state index is 13.5. The smallest absolute Gasteiger partial charge is 0.258 e. The minimum atomic E-state index is -0.467. The number of carbonyl (C=O) groups is 1. The van der Waals surface area contributed by atoms with E-state index in [1.165, 1.54) is 18.2 Å². The van der Waals surface area contributed by atoms with E-state index in [-0.39, 0.29) is 11.5 Å². The zero-order valence-corrected chi connectivity index (χ0v) is 16.5. The maximum absolute atomic E-state index is 13.5. The summed E-state index contributed by atoms with van der Waals surface area (Å²) in [5.41, 5.74) is 2.88. The van der Waals surface area contributed by atoms with Crippen LogP contribution in [0.3, 0.4) is 0 Å². The quantitative estimate of drug-likeness (QED) is 0.488. The first-order valence-electron chi connectivity index (χ1n) is 9.51. The van der Waals surface area contributed by atoms with E-state index in [4.69, 9.17) is 0 Å². The number of aryl methyl sites for hydroxylation is 2. The van der Waals surface area contributed by atoms with Crippen LogP contribution in [0.15, 0.2) is 65.8 Å². The van der Waals surface area contributed by atoms with Crippen molar-refractivity contribution in [1.82, 2.24) is 15.1 Å². The van der Waals surface area contributed by atoms with E-state index in [0.29, 0.717) is 6.54 Å². The monoisotopic (exact) mass is 393 g/mol. The molecular formula is C22H24FN5O. The molecule has 0 saturated carbocycles. The van der Waals surface area contributed by atoms with Gasteiger partial charge in [0, 0.05) is 29.6 Å². The van der Waals surface area contributed by atoms with E-state index in [0.717, 1.165) is 29.9 Å². The number of benzene rings is 2. The number of guanidine groups is 1. The van der Waals surface area contributed by atoms with Crippen molar-refractivity contribution < 1.29 is 9.18 Å². The van der Waals surface area contributed by atoms with Gasteiger partial charge in [0.1, 0.15) is 5.82 Å². The molecule has 3 rings (SSSR count). The zero-order chi connectivity index (χ0) is 20.6. The molecule has 0 saturated heterocycles. The minimum absolute atomic E-state index is 0.222. The van der Waals surface area contributed by atoms with E-state index in [1.54, 1.807) is 6.07 Å². The highest BCUT2D eigenvalue weighted by atomic mass is 19.1. The molecule has 0 aliphatic carbocycles. The number of nitrogens with zero attached hydrogens (tertiary/aromatic N) is 3. The summed E-state index contributed by atoms with van der Waals surface area (Å²) in [6.45, 7) is 5.23. The highest BCUT2D eigenvalue weighted by Gasteiger charge is 2.11. The molecule has 0 aliphatic heterocycles. The van der Waals surface area contributed by atoms with Crippen molar-refractivity contribution in [3.63, 3.8) is 0 Å². The summed E-state index contributed by atoms with van der Waals surface area (Å²) in [6.07, 6.45) is 2.96. The summed E-state index contributed by atoms with van der Waals surface area (Å²) in [6, 6.07) is 14.9. The first-order valence-corrected chi connectivity index (χ1v) is 9.51. The molecule has 0 aliphatic rings. The third-order valence-corrected chi connectivity index (χ3v) is 4.26. The van der Waals surface area contributed by atoms with Crippen molar-refractivity contribution >= 4 is 17.6 Å². The molecule has 0 spiro atoms. The lowest BCUT2D eigenvalue weighted by Gasteiger charge is -2.12. The van der Waals surface area contributed by atoms with Gasteiger partial charge in [-0.15, -0.1) is 0 Å². The summed E-state index contributed by atoms with van der Waals surface area (Å²) in [5.74, 6) is -0.621. The molecule has 2 aromatic carbocycles. The van der Waals surface area contributed by atoms with Crippen molar-refractivity contribution in [2.24, 2.45) is 4.99 Å². The number of para-hydroxylation sites is 1. The van der Waals surface area contributed by atoms with Crippen molar-refractivity contribution in [2.45, 2.75) is 33.4 Å². The number of nitrogens with one attached hydrogen (secondary N) is 2. The number of anilines is 1. The Kier molecular flexibility index (Phi) is 6.73. The number of carbonyl (C=O) groups excluding carboxylic acids is 1. The molecule has 1 aromatic heterocycles. The van der Waals surface area contributed by atoms with Gasteiger partial charge in [-0.3, -0.25) is 14.8 Å². The molecule has 1 amide bonds. The molecule has 6 nitrogen and oxygen atoms in total. The Morgan fingerprint density at radius 2 is 1.97 bits per heavy atom. The van der Waals surface area contributed by atoms with Crippen LogP contribution in [0.1, 0.15) is 35.0 Å². The van der Waals surface area contributed by atoms with E-state index in [2.05, 4.69) is 27.6 Å². The molecule has 0 atom stereocenters. The summed E-state index contributed by atoms with van der Waals surface area (Å²) in [7, 11) is 0. The Balaban J connectivity index is 1.80. The van der Waals surface area contributed by atoms with Crippen LogP contribution in [0.4, 0.5) is 10.1 Å². The van der Waals surface area contributed by atoms with E-state index >= 15 is 0 Å². The van der Waals surface area contributed by atoms with Crippen LogP contribution in [0.25, 0.3) is 0 Å². The average molecular weight is 393 g/mol. The maximum Gasteiger partial charge on any atom is 0.258 e. The van der Waals surface area contributed by atoms with Crippen molar-refractivity contribution in [1.29, 1.82) is 0 Å². The number of rotatable bonds is 6. The van der Waals surface area contributed by atoms with Gasteiger partial charge in [0.15, 0.2) is 0 Å². The van der Waals surface area contributed by atoms with Gasteiger partial charge in [0.05, 0.1) is 12.2 Å². The third kappa shape index (κ3) is 5.75. The van der Waals surface area contributed by atoms with E-state index in [1.807, 2.05) is 48.1 Å². The molecular weight excluding hydrogens is 369 g/mol. The van der Waals surface area contributed by atoms with Crippen LogP contribution >= 0.6 is 0 Å². The summed E-state index contributed by atoms with van der Waals surface area (Å²) < 4.78 is 15.4. The number of amides is 1. The third-order valence-electron chi connectivity index (χ3n) is 4.26. The standard InChI is InChI=1S/C22H24FN5O/c1-3-12-28-15-18(16(2)27-28)14-24-22(25-20-10-5-4-6-11-20)26-21(29)17-8-7-9-19(23)13-17/h4-11,13,15H,3,12,14H2,1-2H3,(H2,24,25,26,29). The fourth-order valence-corrected chi connectivity index (χ4v) is 2.80. The summed E-state index contributed by atoms with van der Waals surface area (Å²) >= 11 is 0. The van der Waals surface area contributed by atoms with Gasteiger partial charge in [-0.05, 0) is 43.7 Å². The van der Waals surface area contributed by atoms with Gasteiger partial charge in [-0.2, -0.15) is 5.10 Å². The Labute approximate surface area is 169 Å². The molecule has 0 radical (unpaired) electrons.